The molecule has 0 fully saturated rings. The van der Waals surface area contributed by atoms with Crippen molar-refractivity contribution in [3.05, 3.63) is 53.1 Å². The second-order valence-corrected chi connectivity index (χ2v) is 6.94. The number of methoxy groups -OCH3 is 1. The number of benzene rings is 2. The Bertz CT molecular complexity index is 925. The predicted octanol–water partition coefficient (Wildman–Crippen LogP) is 2.52. The number of hydrogen-bond acceptors (Lipinski definition) is 6. The van der Waals surface area contributed by atoms with Gasteiger partial charge in [-0.1, -0.05) is 26.0 Å². The van der Waals surface area contributed by atoms with Gasteiger partial charge in [0.25, 0.3) is 11.8 Å². The molecule has 160 valence electrons. The Morgan fingerprint density at radius 2 is 1.80 bits per heavy atom. The second kappa shape index (κ2) is 10.8. The van der Waals surface area contributed by atoms with Crippen molar-refractivity contribution in [3.8, 4) is 17.2 Å². The van der Waals surface area contributed by atoms with Crippen LogP contribution in [0.1, 0.15) is 36.5 Å². The Kier molecular flexibility index (Phi) is 8.22. The first-order valence-corrected chi connectivity index (χ1v) is 9.44. The van der Waals surface area contributed by atoms with Gasteiger partial charge >= 0.3 is 0 Å². The summed E-state index contributed by atoms with van der Waals surface area (Å²) in [7, 11) is 1.48. The summed E-state index contributed by atoms with van der Waals surface area (Å²) < 4.78 is 16.2. The molecule has 8 heteroatoms. The molecule has 3 N–H and O–H groups in total. The molecule has 0 heterocycles. The summed E-state index contributed by atoms with van der Waals surface area (Å²) in [6.07, 6.45) is 1.46. The van der Waals surface area contributed by atoms with E-state index in [0.29, 0.717) is 22.8 Å². The van der Waals surface area contributed by atoms with Crippen molar-refractivity contribution >= 4 is 18.0 Å². The van der Waals surface area contributed by atoms with Crippen molar-refractivity contribution < 1.29 is 23.8 Å². The smallest absolute Gasteiger partial charge is 0.277 e. The number of nitrogens with one attached hydrogen (secondary N) is 1. The Balaban J connectivity index is 1.93. The van der Waals surface area contributed by atoms with Crippen molar-refractivity contribution in [1.82, 2.24) is 5.43 Å². The number of nitrogens with two attached hydrogens (primary N) is 1. The van der Waals surface area contributed by atoms with E-state index in [0.717, 1.165) is 11.1 Å². The van der Waals surface area contributed by atoms with Crippen molar-refractivity contribution in [2.45, 2.75) is 26.7 Å². The van der Waals surface area contributed by atoms with Crippen LogP contribution in [0.25, 0.3) is 0 Å². The minimum atomic E-state index is -0.584. The maximum atomic E-state index is 12.1. The van der Waals surface area contributed by atoms with Crippen molar-refractivity contribution in [1.29, 1.82) is 0 Å². The minimum absolute atomic E-state index is 0.149. The van der Waals surface area contributed by atoms with E-state index >= 15 is 0 Å². The highest BCUT2D eigenvalue weighted by atomic mass is 16.5. The van der Waals surface area contributed by atoms with Crippen LogP contribution < -0.4 is 25.4 Å². The predicted molar refractivity (Wildman–Crippen MR) is 114 cm³/mol. The molecule has 2 aromatic rings. The minimum Gasteiger partial charge on any atom is -0.493 e. The zero-order chi connectivity index (χ0) is 22.1. The molecule has 0 aromatic heterocycles. The third-order valence-corrected chi connectivity index (χ3v) is 4.11. The molecular formula is C22H27N3O5. The summed E-state index contributed by atoms with van der Waals surface area (Å²) in [6.45, 7) is 5.71. The van der Waals surface area contributed by atoms with Gasteiger partial charge in [-0.05, 0) is 53.8 Å². The van der Waals surface area contributed by atoms with Crippen molar-refractivity contribution in [3.63, 3.8) is 0 Å². The normalized spacial score (nSPS) is 10.8. The third kappa shape index (κ3) is 6.80. The molecule has 30 heavy (non-hydrogen) atoms. The van der Waals surface area contributed by atoms with Crippen LogP contribution in [0.15, 0.2) is 41.5 Å². The van der Waals surface area contributed by atoms with Gasteiger partial charge in [-0.3, -0.25) is 9.59 Å². The highest BCUT2D eigenvalue weighted by Crippen LogP contribution is 2.28. The lowest BCUT2D eigenvalue weighted by atomic mass is 10.0. The van der Waals surface area contributed by atoms with Gasteiger partial charge in [-0.15, -0.1) is 0 Å². The molecule has 0 saturated carbocycles. The fraction of sp³-hybridized carbons (Fsp3) is 0.318. The summed E-state index contributed by atoms with van der Waals surface area (Å²) in [5.74, 6) is 0.808. The van der Waals surface area contributed by atoms with Crippen LogP contribution in [0.4, 0.5) is 0 Å². The molecular weight excluding hydrogens is 386 g/mol. The number of carbonyl (C=O) groups is 2. The van der Waals surface area contributed by atoms with E-state index in [9.17, 15) is 9.59 Å². The van der Waals surface area contributed by atoms with Gasteiger partial charge in [-0.25, -0.2) is 5.43 Å². The van der Waals surface area contributed by atoms with E-state index in [4.69, 9.17) is 19.9 Å². The number of ether oxygens (including phenoxy) is 3. The zero-order valence-electron chi connectivity index (χ0n) is 17.6. The Morgan fingerprint density at radius 3 is 2.47 bits per heavy atom. The second-order valence-electron chi connectivity index (χ2n) is 6.94. The summed E-state index contributed by atoms with van der Waals surface area (Å²) in [5.41, 5.74) is 10.3. The van der Waals surface area contributed by atoms with Crippen LogP contribution >= 0.6 is 0 Å². The largest absolute Gasteiger partial charge is 0.493 e. The number of rotatable bonds is 10. The quantitative estimate of drug-likeness (QED) is 0.459. The van der Waals surface area contributed by atoms with Crippen LogP contribution in [0.2, 0.25) is 0 Å². The molecule has 0 saturated heterocycles. The SMILES string of the molecule is COc1cc(/C=N/NC(=O)COc2cc(C)ccc2C(C)C)ccc1OCC(N)=O. The molecule has 0 aliphatic carbocycles. The lowest BCUT2D eigenvalue weighted by Gasteiger charge is -2.14. The van der Waals surface area contributed by atoms with E-state index < -0.39 is 5.91 Å². The van der Waals surface area contributed by atoms with Gasteiger partial charge in [0.15, 0.2) is 24.7 Å². The Hall–Kier alpha value is -3.55. The van der Waals surface area contributed by atoms with E-state index in [-0.39, 0.29) is 25.0 Å². The van der Waals surface area contributed by atoms with Crippen molar-refractivity contribution in [2.75, 3.05) is 20.3 Å². The first-order chi connectivity index (χ1) is 14.3. The monoisotopic (exact) mass is 413 g/mol. The highest BCUT2D eigenvalue weighted by Gasteiger charge is 2.10. The average Bonchev–Trinajstić information content (AvgIpc) is 2.70. The van der Waals surface area contributed by atoms with Crippen LogP contribution in [-0.4, -0.2) is 38.4 Å². The van der Waals surface area contributed by atoms with Crippen LogP contribution in [-0.2, 0) is 9.59 Å². The van der Waals surface area contributed by atoms with E-state index in [1.165, 1.54) is 13.3 Å². The van der Waals surface area contributed by atoms with E-state index in [1.54, 1.807) is 18.2 Å². The lowest BCUT2D eigenvalue weighted by Crippen LogP contribution is -2.25. The molecule has 2 rings (SSSR count). The van der Waals surface area contributed by atoms with Gasteiger partial charge in [0.2, 0.25) is 0 Å². The summed E-state index contributed by atoms with van der Waals surface area (Å²) in [6, 6.07) is 10.9. The molecule has 2 aromatic carbocycles. The molecule has 2 amide bonds. The Labute approximate surface area is 176 Å². The van der Waals surface area contributed by atoms with Gasteiger partial charge in [0.05, 0.1) is 13.3 Å². The molecule has 0 atom stereocenters. The highest BCUT2D eigenvalue weighted by molar-refractivity contribution is 5.83. The zero-order valence-corrected chi connectivity index (χ0v) is 17.6. The number of primary amides is 1. The average molecular weight is 413 g/mol. The number of hydrazone groups is 1. The molecule has 0 radical (unpaired) electrons. The fourth-order valence-electron chi connectivity index (χ4n) is 2.63. The van der Waals surface area contributed by atoms with Gasteiger partial charge in [0, 0.05) is 0 Å². The first kappa shape index (κ1) is 22.7. The number of hydrogen-bond donors (Lipinski definition) is 2. The standard InChI is InChI=1S/C22H27N3O5/c1-14(2)17-7-5-15(3)9-19(17)30-13-22(27)25-24-11-16-6-8-18(20(10-16)28-4)29-12-21(23)26/h5-11,14H,12-13H2,1-4H3,(H2,23,26)(H,25,27)/b24-11+. The van der Waals surface area contributed by atoms with Crippen LogP contribution in [0.3, 0.4) is 0 Å². The topological polar surface area (TPSA) is 112 Å². The van der Waals surface area contributed by atoms with Gasteiger partial charge in [-0.2, -0.15) is 5.10 Å². The van der Waals surface area contributed by atoms with Crippen LogP contribution in [0.5, 0.6) is 17.2 Å². The van der Waals surface area contributed by atoms with Gasteiger partial charge < -0.3 is 19.9 Å². The number of nitrogens with zero attached hydrogens (tertiary/aromatic N) is 1. The maximum Gasteiger partial charge on any atom is 0.277 e. The van der Waals surface area contributed by atoms with Gasteiger partial charge in [0.1, 0.15) is 5.75 Å². The molecule has 8 nitrogen and oxygen atoms in total. The molecule has 0 spiro atoms. The fourth-order valence-corrected chi connectivity index (χ4v) is 2.63. The Morgan fingerprint density at radius 1 is 1.07 bits per heavy atom. The summed E-state index contributed by atoms with van der Waals surface area (Å²) in [4.78, 5) is 22.9. The maximum absolute atomic E-state index is 12.1. The summed E-state index contributed by atoms with van der Waals surface area (Å²) >= 11 is 0. The van der Waals surface area contributed by atoms with Crippen LogP contribution in [0, 0.1) is 6.92 Å². The molecule has 0 aliphatic rings. The van der Waals surface area contributed by atoms with E-state index in [1.807, 2.05) is 25.1 Å². The summed E-state index contributed by atoms with van der Waals surface area (Å²) in [5, 5.41) is 3.93. The van der Waals surface area contributed by atoms with E-state index in [2.05, 4.69) is 24.4 Å². The number of amides is 2. The number of carbonyl (C=O) groups excluding carboxylic acids is 2. The third-order valence-electron chi connectivity index (χ3n) is 4.11. The van der Waals surface area contributed by atoms with Crippen molar-refractivity contribution in [2.24, 2.45) is 10.8 Å². The molecule has 0 aliphatic heterocycles. The number of aryl methyl sites for hydroxylation is 1. The molecule has 0 bridgehead atoms. The first-order valence-electron chi connectivity index (χ1n) is 9.44. The molecule has 0 unspecified atom stereocenters. The lowest BCUT2D eigenvalue weighted by molar-refractivity contribution is -0.123.